The van der Waals surface area contributed by atoms with E-state index in [1.165, 1.54) is 18.2 Å². The lowest BCUT2D eigenvalue weighted by Crippen LogP contribution is -2.08. The molecule has 20 heavy (non-hydrogen) atoms. The van der Waals surface area contributed by atoms with Crippen LogP contribution >= 0.6 is 11.6 Å². The number of halogens is 1. The minimum Gasteiger partial charge on any atom is -0.478 e. The Morgan fingerprint density at radius 1 is 1.55 bits per heavy atom. The van der Waals surface area contributed by atoms with E-state index in [-0.39, 0.29) is 22.8 Å². The summed E-state index contributed by atoms with van der Waals surface area (Å²) in [5.74, 6) is -1.93. The number of hydrogen-bond donors (Lipinski definition) is 2. The van der Waals surface area contributed by atoms with E-state index in [1.54, 1.807) is 13.0 Å². The number of nitriles is 1. The molecule has 0 saturated carbocycles. The van der Waals surface area contributed by atoms with E-state index >= 15 is 0 Å². The highest BCUT2D eigenvalue weighted by molar-refractivity contribution is 6.33. The summed E-state index contributed by atoms with van der Waals surface area (Å²) < 4.78 is 4.68. The molecule has 0 aliphatic rings. The Balaban J connectivity index is 2.94. The van der Waals surface area contributed by atoms with Crippen molar-refractivity contribution in [3.05, 3.63) is 40.6 Å². The van der Waals surface area contributed by atoms with Crippen LogP contribution in [0.15, 0.2) is 30.0 Å². The normalized spacial score (nSPS) is 10.6. The van der Waals surface area contributed by atoms with Gasteiger partial charge >= 0.3 is 11.9 Å². The topological polar surface area (TPSA) is 99.4 Å². The molecule has 1 aromatic rings. The summed E-state index contributed by atoms with van der Waals surface area (Å²) in [6.07, 6.45) is 1.15. The van der Waals surface area contributed by atoms with Crippen molar-refractivity contribution < 1.29 is 19.4 Å². The highest BCUT2D eigenvalue weighted by atomic mass is 35.5. The Morgan fingerprint density at radius 3 is 2.80 bits per heavy atom. The molecule has 2 N–H and O–H groups in total. The fourth-order valence-electron chi connectivity index (χ4n) is 1.28. The summed E-state index contributed by atoms with van der Waals surface area (Å²) in [5.41, 5.74) is 0.0715. The summed E-state index contributed by atoms with van der Waals surface area (Å²) in [6, 6.07) is 5.90. The molecule has 0 atom stereocenters. The fraction of sp³-hybridized carbons (Fsp3) is 0.154. The van der Waals surface area contributed by atoms with Gasteiger partial charge in [0.15, 0.2) is 5.57 Å². The molecule has 0 fully saturated rings. The molecule has 0 aliphatic heterocycles. The molecule has 1 rings (SSSR count). The minimum absolute atomic E-state index is 0.0836. The van der Waals surface area contributed by atoms with Crippen LogP contribution in [0.5, 0.6) is 0 Å². The first-order chi connectivity index (χ1) is 9.49. The number of carbonyl (C=O) groups is 2. The smallest absolute Gasteiger partial charge is 0.350 e. The molecule has 1 aromatic carbocycles. The Bertz CT molecular complexity index is 605. The summed E-state index contributed by atoms with van der Waals surface area (Å²) in [4.78, 5) is 22.3. The van der Waals surface area contributed by atoms with Crippen LogP contribution in [0.2, 0.25) is 5.02 Å². The van der Waals surface area contributed by atoms with Crippen molar-refractivity contribution in [1.82, 2.24) is 0 Å². The Morgan fingerprint density at radius 2 is 2.25 bits per heavy atom. The molecule has 0 saturated heterocycles. The van der Waals surface area contributed by atoms with Gasteiger partial charge in [0.05, 0.1) is 17.2 Å². The number of anilines is 1. The zero-order valence-electron chi connectivity index (χ0n) is 10.5. The summed E-state index contributed by atoms with van der Waals surface area (Å²) in [7, 11) is 0. The second kappa shape index (κ2) is 7.16. The molecule has 104 valence electrons. The van der Waals surface area contributed by atoms with Crippen LogP contribution in [-0.2, 0) is 9.53 Å². The van der Waals surface area contributed by atoms with E-state index in [1.807, 2.05) is 0 Å². The highest BCUT2D eigenvalue weighted by Gasteiger charge is 2.11. The first kappa shape index (κ1) is 15.5. The molecule has 0 radical (unpaired) electrons. The summed E-state index contributed by atoms with van der Waals surface area (Å²) >= 11 is 5.72. The molecule has 0 spiro atoms. The van der Waals surface area contributed by atoms with Crippen molar-refractivity contribution in [2.75, 3.05) is 11.9 Å². The second-order valence-corrected chi connectivity index (χ2v) is 3.94. The van der Waals surface area contributed by atoms with E-state index in [2.05, 4.69) is 10.1 Å². The van der Waals surface area contributed by atoms with Gasteiger partial charge in [-0.05, 0) is 25.1 Å². The third-order valence-electron chi connectivity index (χ3n) is 2.20. The second-order valence-electron chi connectivity index (χ2n) is 3.53. The number of carboxylic acids is 1. The van der Waals surface area contributed by atoms with E-state index in [0.717, 1.165) is 6.20 Å². The average molecular weight is 295 g/mol. The Hall–Kier alpha value is -2.52. The van der Waals surface area contributed by atoms with Crippen molar-refractivity contribution in [2.24, 2.45) is 0 Å². The van der Waals surface area contributed by atoms with Gasteiger partial charge in [-0.3, -0.25) is 0 Å². The largest absolute Gasteiger partial charge is 0.478 e. The molecule has 0 aromatic heterocycles. The van der Waals surface area contributed by atoms with Gasteiger partial charge in [0.25, 0.3) is 0 Å². The lowest BCUT2D eigenvalue weighted by molar-refractivity contribution is -0.138. The maximum atomic E-state index is 11.4. The zero-order valence-corrected chi connectivity index (χ0v) is 11.3. The van der Waals surface area contributed by atoms with Crippen molar-refractivity contribution in [2.45, 2.75) is 6.92 Å². The van der Waals surface area contributed by atoms with Gasteiger partial charge in [0.2, 0.25) is 0 Å². The number of esters is 1. The van der Waals surface area contributed by atoms with Gasteiger partial charge in [-0.25, -0.2) is 9.59 Å². The summed E-state index contributed by atoms with van der Waals surface area (Å²) in [6.45, 7) is 1.78. The number of carboxylic acid groups (broad SMARTS) is 1. The number of rotatable bonds is 5. The molecule has 0 heterocycles. The van der Waals surface area contributed by atoms with Crippen molar-refractivity contribution in [3.63, 3.8) is 0 Å². The third-order valence-corrected chi connectivity index (χ3v) is 2.53. The van der Waals surface area contributed by atoms with Crippen LogP contribution in [0.25, 0.3) is 0 Å². The van der Waals surface area contributed by atoms with Crippen LogP contribution in [-0.4, -0.2) is 23.7 Å². The van der Waals surface area contributed by atoms with Gasteiger partial charge in [-0.1, -0.05) is 11.6 Å². The van der Waals surface area contributed by atoms with Crippen LogP contribution < -0.4 is 5.32 Å². The van der Waals surface area contributed by atoms with Crippen LogP contribution in [0.4, 0.5) is 5.69 Å². The quantitative estimate of drug-likeness (QED) is 0.491. The predicted octanol–water partition coefficient (Wildman–Crippen LogP) is 2.42. The highest BCUT2D eigenvalue weighted by Crippen LogP contribution is 2.20. The zero-order chi connectivity index (χ0) is 15.1. The molecule has 0 bridgehead atoms. The van der Waals surface area contributed by atoms with Gasteiger partial charge in [0, 0.05) is 11.9 Å². The molecular formula is C13H11ClN2O4. The lowest BCUT2D eigenvalue weighted by atomic mass is 10.2. The fourth-order valence-corrected chi connectivity index (χ4v) is 1.48. The van der Waals surface area contributed by atoms with Crippen LogP contribution in [0.1, 0.15) is 17.3 Å². The predicted molar refractivity (Wildman–Crippen MR) is 72.4 cm³/mol. The number of carbonyl (C=O) groups excluding carboxylic acids is 1. The Kier molecular flexibility index (Phi) is 5.56. The Labute approximate surface area is 120 Å². The average Bonchev–Trinajstić information content (AvgIpc) is 2.41. The molecule has 0 unspecified atom stereocenters. The van der Waals surface area contributed by atoms with Gasteiger partial charge in [0.1, 0.15) is 6.07 Å². The van der Waals surface area contributed by atoms with E-state index in [4.69, 9.17) is 22.0 Å². The molecule has 7 heteroatoms. The molecule has 0 aliphatic carbocycles. The maximum absolute atomic E-state index is 11.4. The van der Waals surface area contributed by atoms with Crippen molar-refractivity contribution in [1.29, 1.82) is 5.26 Å². The third kappa shape index (κ3) is 4.00. The number of hydrogen-bond acceptors (Lipinski definition) is 5. The first-order valence-electron chi connectivity index (χ1n) is 5.56. The SMILES string of the molecule is CCOC(=O)/C(C#N)=C\Nc1ccc(Cl)c(C(=O)O)c1. The van der Waals surface area contributed by atoms with Crippen molar-refractivity contribution in [3.8, 4) is 6.07 Å². The number of aromatic carboxylic acids is 1. The maximum Gasteiger partial charge on any atom is 0.350 e. The van der Waals surface area contributed by atoms with Gasteiger partial charge in [-0.15, -0.1) is 0 Å². The number of nitrogens with one attached hydrogen (secondary N) is 1. The number of nitrogens with zero attached hydrogens (tertiary/aromatic N) is 1. The minimum atomic E-state index is -1.17. The van der Waals surface area contributed by atoms with Crippen LogP contribution in [0.3, 0.4) is 0 Å². The van der Waals surface area contributed by atoms with E-state index < -0.39 is 11.9 Å². The van der Waals surface area contributed by atoms with Crippen LogP contribution in [0, 0.1) is 11.3 Å². The van der Waals surface area contributed by atoms with E-state index in [9.17, 15) is 9.59 Å². The van der Waals surface area contributed by atoms with Crippen molar-refractivity contribution >= 4 is 29.2 Å². The number of benzene rings is 1. The monoisotopic (exact) mass is 294 g/mol. The molecule has 0 amide bonds. The van der Waals surface area contributed by atoms with E-state index in [0.29, 0.717) is 5.69 Å². The summed E-state index contributed by atoms with van der Waals surface area (Å²) in [5, 5.41) is 20.5. The number of ether oxygens (including phenoxy) is 1. The van der Waals surface area contributed by atoms with Gasteiger partial charge in [-0.2, -0.15) is 5.26 Å². The molecule has 6 nitrogen and oxygen atoms in total. The lowest BCUT2D eigenvalue weighted by Gasteiger charge is -2.05. The first-order valence-corrected chi connectivity index (χ1v) is 5.94. The van der Waals surface area contributed by atoms with Gasteiger partial charge < -0.3 is 15.2 Å². The standard InChI is InChI=1S/C13H11ClN2O4/c1-2-20-13(19)8(6-15)7-16-9-3-4-11(14)10(5-9)12(17)18/h3-5,7,16H,2H2,1H3,(H,17,18)/b8-7-. The molecular weight excluding hydrogens is 284 g/mol.